The molecule has 2 rings (SSSR count). The van der Waals surface area contributed by atoms with Crippen molar-refractivity contribution in [1.82, 2.24) is 10.6 Å². The molecule has 0 aliphatic carbocycles. The summed E-state index contributed by atoms with van der Waals surface area (Å²) in [5.74, 6) is -4.90. The summed E-state index contributed by atoms with van der Waals surface area (Å²) < 4.78 is 0. The Hall–Kier alpha value is -3.71. The first-order valence-electron chi connectivity index (χ1n) is 18.3. The normalized spacial score (nSPS) is 14.8. The van der Waals surface area contributed by atoms with Gasteiger partial charge < -0.3 is 31.6 Å². The Morgan fingerprint density at radius 2 is 1.41 bits per heavy atom. The third kappa shape index (κ3) is 14.4. The van der Waals surface area contributed by atoms with Gasteiger partial charge in [0.1, 0.15) is 6.04 Å². The van der Waals surface area contributed by atoms with Crippen LogP contribution in [0.4, 0.5) is 0 Å². The van der Waals surface area contributed by atoms with Gasteiger partial charge in [0.25, 0.3) is 6.92 Å². The summed E-state index contributed by atoms with van der Waals surface area (Å²) in [5, 5.41) is 35.4. The third-order valence-corrected chi connectivity index (χ3v) is 9.42. The number of unbranched alkanes of at least 4 members (excludes halogenated alkanes) is 2. The van der Waals surface area contributed by atoms with Crippen molar-refractivity contribution in [2.24, 2.45) is 17.6 Å². The van der Waals surface area contributed by atoms with E-state index >= 15 is 0 Å². The summed E-state index contributed by atoms with van der Waals surface area (Å²) >= 11 is 0. The zero-order chi connectivity index (χ0) is 38.1. The van der Waals surface area contributed by atoms with Gasteiger partial charge in [0.2, 0.25) is 11.8 Å². The van der Waals surface area contributed by atoms with E-state index in [2.05, 4.69) is 29.7 Å². The average Bonchev–Trinajstić information content (AvgIpc) is 3.11. The van der Waals surface area contributed by atoms with Crippen LogP contribution in [0.25, 0.3) is 11.1 Å². The van der Waals surface area contributed by atoms with Crippen molar-refractivity contribution in [2.45, 2.75) is 116 Å². The van der Waals surface area contributed by atoms with E-state index in [-0.39, 0.29) is 36.6 Å². The molecule has 0 aliphatic heterocycles. The van der Waals surface area contributed by atoms with E-state index in [1.54, 1.807) is 25.9 Å². The molecule has 0 fully saturated rings. The van der Waals surface area contributed by atoms with Gasteiger partial charge in [-0.15, -0.1) is 0 Å². The average molecular weight is 708 g/mol. The van der Waals surface area contributed by atoms with Gasteiger partial charge in [0.05, 0.1) is 24.7 Å². The predicted octanol–water partition coefficient (Wildman–Crippen LogP) is 3.92. The number of nitrogens with one attached hydrogen (secondary N) is 2. The summed E-state index contributed by atoms with van der Waals surface area (Å²) in [6, 6.07) is 13.1. The largest absolute Gasteiger partial charge is 0.450 e. The lowest BCUT2D eigenvalue weighted by Gasteiger charge is -2.25. The van der Waals surface area contributed by atoms with Crippen molar-refractivity contribution in [3.8, 4) is 11.1 Å². The Morgan fingerprint density at radius 1 is 0.804 bits per heavy atom. The van der Waals surface area contributed by atoms with Crippen molar-refractivity contribution >= 4 is 36.1 Å². The molecule has 0 saturated heterocycles. The molecule has 0 unspecified atom stereocenters. The van der Waals surface area contributed by atoms with E-state index in [4.69, 9.17) is 5.73 Å². The minimum atomic E-state index is -1.39. The maximum absolute atomic E-state index is 13.3. The van der Waals surface area contributed by atoms with Crippen LogP contribution in [0.2, 0.25) is 12.6 Å². The molecule has 0 radical (unpaired) electrons. The number of ketones is 3. The molecular formula is C39H58BN3O8. The molecular weight excluding hydrogens is 649 g/mol. The first kappa shape index (κ1) is 43.5. The van der Waals surface area contributed by atoms with E-state index in [0.29, 0.717) is 31.4 Å². The first-order chi connectivity index (χ1) is 24.2. The Bertz CT molecular complexity index is 1410. The smallest absolute Gasteiger partial charge is 0.289 e. The van der Waals surface area contributed by atoms with Gasteiger partial charge in [-0.3, -0.25) is 24.0 Å². The molecule has 0 saturated carbocycles. The molecule has 0 aromatic heterocycles. The van der Waals surface area contributed by atoms with Gasteiger partial charge in [0, 0.05) is 30.7 Å². The topological polar surface area (TPSA) is 196 Å². The van der Waals surface area contributed by atoms with E-state index in [1.807, 2.05) is 24.3 Å². The minimum absolute atomic E-state index is 0.0716. The highest BCUT2D eigenvalue weighted by molar-refractivity contribution is 6.50. The van der Waals surface area contributed by atoms with Crippen molar-refractivity contribution in [3.05, 3.63) is 59.7 Å². The molecule has 51 heavy (non-hydrogen) atoms. The van der Waals surface area contributed by atoms with Crippen molar-refractivity contribution in [3.63, 3.8) is 0 Å². The van der Waals surface area contributed by atoms with Crippen LogP contribution < -0.4 is 16.4 Å². The monoisotopic (exact) mass is 707 g/mol. The van der Waals surface area contributed by atoms with Crippen molar-refractivity contribution in [2.75, 3.05) is 13.2 Å². The molecule has 7 N–H and O–H groups in total. The second kappa shape index (κ2) is 22.3. The Kier molecular flexibility index (Phi) is 19.0. The Balaban J connectivity index is 2.02. The summed E-state index contributed by atoms with van der Waals surface area (Å²) in [7, 11) is 0. The number of hydrogen-bond donors (Lipinski definition) is 6. The molecule has 2 aromatic carbocycles. The Labute approximate surface area is 303 Å². The van der Waals surface area contributed by atoms with Crippen molar-refractivity contribution in [1.29, 1.82) is 0 Å². The van der Waals surface area contributed by atoms with Crippen molar-refractivity contribution < 1.29 is 39.2 Å². The molecule has 0 spiro atoms. The van der Waals surface area contributed by atoms with Gasteiger partial charge >= 0.3 is 0 Å². The number of aliphatic hydroxyl groups excluding tert-OH is 2. The Morgan fingerprint density at radius 3 is 1.94 bits per heavy atom. The summed E-state index contributed by atoms with van der Waals surface area (Å²) in [6.07, 6.45) is 3.00. The van der Waals surface area contributed by atoms with Crippen LogP contribution in [-0.2, 0) is 25.6 Å². The number of rotatable bonds is 24. The third-order valence-electron chi connectivity index (χ3n) is 9.42. The second-order valence-electron chi connectivity index (χ2n) is 13.9. The highest BCUT2D eigenvalue weighted by atomic mass is 16.3. The van der Waals surface area contributed by atoms with Crippen LogP contribution in [0.15, 0.2) is 48.5 Å². The zero-order valence-electron chi connectivity index (χ0n) is 30.9. The number of benzene rings is 2. The molecule has 2 amide bonds. The molecule has 6 atom stereocenters. The van der Waals surface area contributed by atoms with Gasteiger partial charge in [0.15, 0.2) is 17.3 Å². The van der Waals surface area contributed by atoms with Crippen LogP contribution in [0.3, 0.4) is 0 Å². The van der Waals surface area contributed by atoms with E-state index in [1.165, 1.54) is 19.4 Å². The van der Waals surface area contributed by atoms with Gasteiger partial charge in [-0.05, 0) is 68.1 Å². The first-order valence-corrected chi connectivity index (χ1v) is 18.3. The molecule has 11 nitrogen and oxygen atoms in total. The standard InChI is InChI=1S/C39H58BN3O8/c1-6-7-10-28-12-14-29(15-13-28)30-16-18-31(19-17-30)34(46)23-32(24-44)39(50)43-37(27(4)45)36(48)21-25(2)38(49)42-33(11-8-9-20-41)35(47)22-26(3)40(5)51/h12-19,25-27,32-33,37,44-45,51H,6-11,20-24,41H2,1-5H3,(H,42,49)(H,43,50)/t25-,26-,27-,32+,33+,37+/m1/s1. The number of hydrogen-bond acceptors (Lipinski definition) is 9. The maximum Gasteiger partial charge on any atom is 0.289 e. The SMILES string of the molecule is CCCCc1ccc(-c2ccc(C(=O)C[C@@H](CO)C(=O)N[C@H](C(=O)C[C@@H](C)C(=O)N[C@@H](CCCCN)C(=O)C[C@@H](C)B(C)O)[C@@H](C)O)cc2)cc1. The minimum Gasteiger partial charge on any atom is -0.450 e. The number of Topliss-reactive ketones (excluding diaryl/α,β-unsaturated/α-hetero) is 3. The highest BCUT2D eigenvalue weighted by Gasteiger charge is 2.33. The van der Waals surface area contributed by atoms with Crippen LogP contribution in [0.5, 0.6) is 0 Å². The summed E-state index contributed by atoms with van der Waals surface area (Å²) in [6.45, 7) is 7.41. The van der Waals surface area contributed by atoms with E-state index in [9.17, 15) is 39.2 Å². The summed E-state index contributed by atoms with van der Waals surface area (Å²) in [4.78, 5) is 65.6. The zero-order valence-corrected chi connectivity index (χ0v) is 30.9. The van der Waals surface area contributed by atoms with Gasteiger partial charge in [-0.1, -0.05) is 82.5 Å². The number of carbonyl (C=O) groups is 5. The lowest BCUT2D eigenvalue weighted by molar-refractivity contribution is -0.135. The number of aryl methyl sites for hydroxylation is 1. The molecule has 280 valence electrons. The molecule has 0 bridgehead atoms. The van der Waals surface area contributed by atoms with Gasteiger partial charge in [-0.2, -0.15) is 0 Å². The van der Waals surface area contributed by atoms with Crippen LogP contribution in [0.1, 0.15) is 95.0 Å². The predicted molar refractivity (Wildman–Crippen MR) is 200 cm³/mol. The van der Waals surface area contributed by atoms with E-state index < -0.39 is 61.1 Å². The second-order valence-corrected chi connectivity index (χ2v) is 13.9. The highest BCUT2D eigenvalue weighted by Crippen LogP contribution is 2.23. The van der Waals surface area contributed by atoms with Crippen LogP contribution in [0, 0.1) is 11.8 Å². The number of aliphatic hydroxyl groups is 2. The number of amides is 2. The molecule has 0 heterocycles. The van der Waals surface area contributed by atoms with Gasteiger partial charge in [-0.25, -0.2) is 0 Å². The van der Waals surface area contributed by atoms with Crippen LogP contribution >= 0.6 is 0 Å². The lowest BCUT2D eigenvalue weighted by Crippen LogP contribution is -2.51. The molecule has 2 aromatic rings. The molecule has 12 heteroatoms. The molecule has 0 aliphatic rings. The number of carbonyl (C=O) groups excluding carboxylic acids is 5. The maximum atomic E-state index is 13.3. The lowest BCUT2D eigenvalue weighted by atomic mass is 9.58. The van der Waals surface area contributed by atoms with Crippen LogP contribution in [-0.4, -0.2) is 82.7 Å². The quantitative estimate of drug-likeness (QED) is 0.0533. The number of nitrogens with two attached hydrogens (primary N) is 1. The fourth-order valence-corrected chi connectivity index (χ4v) is 5.69. The van der Waals surface area contributed by atoms with E-state index in [0.717, 1.165) is 30.4 Å². The fraction of sp³-hybridized carbons (Fsp3) is 0.564. The fourth-order valence-electron chi connectivity index (χ4n) is 5.69. The summed E-state index contributed by atoms with van der Waals surface area (Å²) in [5.41, 5.74) is 9.18.